The van der Waals surface area contributed by atoms with Gasteiger partial charge in [0.1, 0.15) is 6.67 Å². The van der Waals surface area contributed by atoms with Crippen LogP contribution in [0, 0.1) is 10.1 Å². The van der Waals surface area contributed by atoms with Gasteiger partial charge in [-0.15, -0.1) is 0 Å². The Kier molecular flexibility index (Phi) is 1.75. The molecular weight excluding hydrogens is 128 g/mol. The third-order valence-electron chi connectivity index (χ3n) is 0.719. The van der Waals surface area contributed by atoms with Crippen molar-refractivity contribution in [3.8, 4) is 0 Å². The summed E-state index contributed by atoms with van der Waals surface area (Å²) in [5.41, 5.74) is 9.28. The van der Waals surface area contributed by atoms with Crippen molar-refractivity contribution < 1.29 is 5.03 Å². The lowest BCUT2D eigenvalue weighted by atomic mass is 11.2. The molecule has 0 radical (unpaired) electrons. The molecule has 0 amide bonds. The fourth-order valence-corrected chi connectivity index (χ4v) is 0.424. The van der Waals surface area contributed by atoms with E-state index >= 15 is 0 Å². The van der Waals surface area contributed by atoms with Crippen molar-refractivity contribution in [3.05, 3.63) is 10.1 Å². The molecular formula is CH6N6O2. The molecule has 0 aromatic carbocycles. The normalized spacial score (nSPS) is 20.0. The van der Waals surface area contributed by atoms with Crippen LogP contribution in [0.5, 0.6) is 0 Å². The van der Waals surface area contributed by atoms with E-state index in [1.54, 1.807) is 0 Å². The smallest absolute Gasteiger partial charge is 0.175 e. The molecule has 8 heteroatoms. The van der Waals surface area contributed by atoms with Gasteiger partial charge in [-0.1, -0.05) is 5.12 Å². The standard InChI is InChI=1S/CH6N6O2/c8-7(9)5-6-1-2-3-4-6/h2-5H,1H2. The predicted molar refractivity (Wildman–Crippen MR) is 26.2 cm³/mol. The zero-order valence-electron chi connectivity index (χ0n) is 4.42. The average Bonchev–Trinajstić information content (AvgIpc) is 2.15. The van der Waals surface area contributed by atoms with E-state index in [4.69, 9.17) is 0 Å². The number of hydrogen-bond donors (Lipinski definition) is 4. The van der Waals surface area contributed by atoms with E-state index in [0.717, 1.165) is 5.12 Å². The summed E-state index contributed by atoms with van der Waals surface area (Å²) in [5.74, 6) is 0. The molecule has 0 aliphatic carbocycles. The maximum absolute atomic E-state index is 9.71. The molecule has 0 unspecified atom stereocenters. The van der Waals surface area contributed by atoms with Crippen molar-refractivity contribution in [2.45, 2.75) is 0 Å². The molecule has 1 rings (SSSR count). The Bertz CT molecular complexity index is 108. The molecule has 0 atom stereocenters. The molecule has 1 fully saturated rings. The second-order valence-corrected chi connectivity index (χ2v) is 1.36. The SMILES string of the molecule is O=[N+]([O-])NN1CNNN1. The number of nitrogens with one attached hydrogen (secondary N) is 4. The lowest BCUT2D eigenvalue weighted by Crippen LogP contribution is -2.48. The van der Waals surface area contributed by atoms with Gasteiger partial charge in [-0.2, -0.15) is 11.1 Å². The largest absolute Gasteiger partial charge is 0.234 e. The van der Waals surface area contributed by atoms with E-state index in [0.29, 0.717) is 6.67 Å². The fourth-order valence-electron chi connectivity index (χ4n) is 0.424. The highest BCUT2D eigenvalue weighted by molar-refractivity contribution is 4.37. The Morgan fingerprint density at radius 1 is 1.78 bits per heavy atom. The Morgan fingerprint density at radius 3 is 3.00 bits per heavy atom. The molecule has 1 heterocycles. The minimum Gasteiger partial charge on any atom is -0.234 e. The fraction of sp³-hybridized carbons (Fsp3) is 1.00. The van der Waals surface area contributed by atoms with E-state index < -0.39 is 5.03 Å². The molecule has 1 saturated heterocycles. The number of nitrogens with zero attached hydrogens (tertiary/aromatic N) is 2. The number of rotatable bonds is 2. The summed E-state index contributed by atoms with van der Waals surface area (Å²) in [7, 11) is 0. The lowest BCUT2D eigenvalue weighted by Gasteiger charge is -2.05. The van der Waals surface area contributed by atoms with E-state index in [2.05, 4.69) is 16.5 Å². The molecule has 0 bridgehead atoms. The van der Waals surface area contributed by atoms with Gasteiger partial charge in [0.2, 0.25) is 0 Å². The summed E-state index contributed by atoms with van der Waals surface area (Å²) < 4.78 is 0. The Morgan fingerprint density at radius 2 is 2.56 bits per heavy atom. The second kappa shape index (κ2) is 2.55. The summed E-state index contributed by atoms with van der Waals surface area (Å²) in [6.45, 7) is 0.320. The third-order valence-corrected chi connectivity index (χ3v) is 0.719. The Balaban J connectivity index is 2.19. The first-order valence-electron chi connectivity index (χ1n) is 2.21. The highest BCUT2D eigenvalue weighted by Crippen LogP contribution is 1.72. The first-order valence-corrected chi connectivity index (χ1v) is 2.21. The van der Waals surface area contributed by atoms with E-state index in [1.165, 1.54) is 0 Å². The summed E-state index contributed by atoms with van der Waals surface area (Å²) >= 11 is 0. The molecule has 1 aliphatic heterocycles. The lowest BCUT2D eigenvalue weighted by molar-refractivity contribution is -0.581. The zero-order valence-corrected chi connectivity index (χ0v) is 4.42. The van der Waals surface area contributed by atoms with Crippen LogP contribution >= 0.6 is 0 Å². The molecule has 1 aliphatic rings. The summed E-state index contributed by atoms with van der Waals surface area (Å²) in [6.07, 6.45) is 0. The number of hydrogen-bond acceptors (Lipinski definition) is 6. The quantitative estimate of drug-likeness (QED) is 0.244. The zero-order chi connectivity index (χ0) is 6.69. The van der Waals surface area contributed by atoms with E-state index in [9.17, 15) is 10.1 Å². The summed E-state index contributed by atoms with van der Waals surface area (Å²) in [6, 6.07) is 0. The van der Waals surface area contributed by atoms with Crippen LogP contribution < -0.4 is 22.0 Å². The van der Waals surface area contributed by atoms with Gasteiger partial charge in [-0.05, 0) is 5.53 Å². The topological polar surface area (TPSA) is 94.5 Å². The van der Waals surface area contributed by atoms with Crippen LogP contribution in [0.1, 0.15) is 0 Å². The maximum atomic E-state index is 9.71. The van der Waals surface area contributed by atoms with Crippen LogP contribution in [0.15, 0.2) is 0 Å². The number of nitro groups is 1. The van der Waals surface area contributed by atoms with Gasteiger partial charge < -0.3 is 0 Å². The van der Waals surface area contributed by atoms with Crippen molar-refractivity contribution in [1.29, 1.82) is 0 Å². The predicted octanol–water partition coefficient (Wildman–Crippen LogP) is -2.53. The van der Waals surface area contributed by atoms with Crippen molar-refractivity contribution in [3.63, 3.8) is 0 Å². The van der Waals surface area contributed by atoms with E-state index in [-0.39, 0.29) is 0 Å². The number of hydrazine groups is 5. The molecule has 0 saturated carbocycles. The molecule has 8 nitrogen and oxygen atoms in total. The summed E-state index contributed by atoms with van der Waals surface area (Å²) in [5, 5.41) is 10.2. The molecule has 4 N–H and O–H groups in total. The van der Waals surface area contributed by atoms with Crippen molar-refractivity contribution >= 4 is 0 Å². The second-order valence-electron chi connectivity index (χ2n) is 1.36. The minimum atomic E-state index is -0.665. The van der Waals surface area contributed by atoms with Crippen LogP contribution in [-0.2, 0) is 0 Å². The van der Waals surface area contributed by atoms with Crippen molar-refractivity contribution in [1.82, 2.24) is 27.1 Å². The Labute approximate surface area is 50.2 Å². The maximum Gasteiger partial charge on any atom is 0.175 e. The van der Waals surface area contributed by atoms with Gasteiger partial charge in [-0.25, -0.2) is 15.5 Å². The highest BCUT2D eigenvalue weighted by atomic mass is 16.7. The van der Waals surface area contributed by atoms with Crippen LogP contribution in [0.4, 0.5) is 0 Å². The van der Waals surface area contributed by atoms with Gasteiger partial charge in [0.15, 0.2) is 5.03 Å². The van der Waals surface area contributed by atoms with Crippen molar-refractivity contribution in [2.24, 2.45) is 0 Å². The molecule has 52 valence electrons. The average molecular weight is 134 g/mol. The van der Waals surface area contributed by atoms with Gasteiger partial charge >= 0.3 is 0 Å². The minimum absolute atomic E-state index is 0.320. The summed E-state index contributed by atoms with van der Waals surface area (Å²) in [4.78, 5) is 9.71. The first-order chi connectivity index (χ1) is 4.29. The van der Waals surface area contributed by atoms with Gasteiger partial charge in [0, 0.05) is 0 Å². The first kappa shape index (κ1) is 6.16. The van der Waals surface area contributed by atoms with Gasteiger partial charge in [0.25, 0.3) is 0 Å². The molecule has 0 aromatic heterocycles. The van der Waals surface area contributed by atoms with Crippen LogP contribution in [0.3, 0.4) is 0 Å². The van der Waals surface area contributed by atoms with E-state index in [1.807, 2.05) is 5.53 Å². The molecule has 0 aromatic rings. The third kappa shape index (κ3) is 1.77. The highest BCUT2D eigenvalue weighted by Gasteiger charge is 2.12. The van der Waals surface area contributed by atoms with Gasteiger partial charge in [-0.3, -0.25) is 0 Å². The van der Waals surface area contributed by atoms with Gasteiger partial charge in [0.05, 0.1) is 0 Å². The molecule has 0 spiro atoms. The Hall–Kier alpha value is -0.960. The molecule has 9 heavy (non-hydrogen) atoms. The van der Waals surface area contributed by atoms with Crippen LogP contribution in [-0.4, -0.2) is 16.8 Å². The van der Waals surface area contributed by atoms with Crippen molar-refractivity contribution in [2.75, 3.05) is 6.67 Å². The monoisotopic (exact) mass is 134 g/mol. The van der Waals surface area contributed by atoms with Crippen LogP contribution in [0.25, 0.3) is 0 Å². The van der Waals surface area contributed by atoms with Crippen LogP contribution in [0.2, 0.25) is 0 Å².